The summed E-state index contributed by atoms with van der Waals surface area (Å²) in [6.07, 6.45) is 4.96. The van der Waals surface area contributed by atoms with Crippen molar-refractivity contribution in [2.75, 3.05) is 6.54 Å². The molecule has 6 nitrogen and oxygen atoms in total. The fraction of sp³-hybridized carbons (Fsp3) is 0.786. The Kier molecular flexibility index (Phi) is 6.48. The first-order valence-electron chi connectivity index (χ1n) is 7.19. The highest BCUT2D eigenvalue weighted by molar-refractivity contribution is 5.88. The molecule has 20 heavy (non-hydrogen) atoms. The molecule has 0 saturated heterocycles. The number of rotatable bonds is 7. The average Bonchev–Trinajstić information content (AvgIpc) is 2.85. The third-order valence-electron chi connectivity index (χ3n) is 3.64. The maximum Gasteiger partial charge on any atom is 0.326 e. The predicted molar refractivity (Wildman–Crippen MR) is 74.0 cm³/mol. The summed E-state index contributed by atoms with van der Waals surface area (Å²) < 4.78 is 0. The molecule has 114 valence electrons. The van der Waals surface area contributed by atoms with Crippen LogP contribution in [0.5, 0.6) is 0 Å². The Hall–Kier alpha value is -1.59. The highest BCUT2D eigenvalue weighted by Gasteiger charge is 2.24. The van der Waals surface area contributed by atoms with Gasteiger partial charge in [-0.1, -0.05) is 26.7 Å². The summed E-state index contributed by atoms with van der Waals surface area (Å²) in [5.74, 6) is -1.44. The molecular formula is C14H24N2O4. The molecule has 0 aliphatic heterocycles. The Balaban J connectivity index is 2.27. The summed E-state index contributed by atoms with van der Waals surface area (Å²) in [4.78, 5) is 34.2. The first kappa shape index (κ1) is 16.5. The van der Waals surface area contributed by atoms with Gasteiger partial charge in [0, 0.05) is 6.42 Å². The quantitative estimate of drug-likeness (QED) is 0.647. The smallest absolute Gasteiger partial charge is 0.326 e. The third kappa shape index (κ3) is 5.59. The average molecular weight is 284 g/mol. The number of nitrogens with one attached hydrogen (secondary N) is 2. The van der Waals surface area contributed by atoms with Crippen LogP contribution in [0.4, 0.5) is 0 Å². The molecule has 1 saturated carbocycles. The van der Waals surface area contributed by atoms with Gasteiger partial charge in [0.05, 0.1) is 6.54 Å². The number of aliphatic carboxylic acids is 1. The zero-order chi connectivity index (χ0) is 15.1. The molecule has 1 aliphatic carbocycles. The van der Waals surface area contributed by atoms with Crippen molar-refractivity contribution in [2.24, 2.45) is 11.8 Å². The van der Waals surface area contributed by atoms with Crippen LogP contribution in [-0.4, -0.2) is 35.5 Å². The Bertz CT molecular complexity index is 362. The molecule has 1 rings (SSSR count). The molecule has 0 radical (unpaired) electrons. The molecule has 0 aromatic heterocycles. The summed E-state index contributed by atoms with van der Waals surface area (Å²) in [5, 5.41) is 13.9. The van der Waals surface area contributed by atoms with E-state index in [-0.39, 0.29) is 18.4 Å². The van der Waals surface area contributed by atoms with E-state index in [1.165, 1.54) is 12.8 Å². The van der Waals surface area contributed by atoms with Gasteiger partial charge >= 0.3 is 5.97 Å². The lowest BCUT2D eigenvalue weighted by Gasteiger charge is -2.18. The van der Waals surface area contributed by atoms with E-state index >= 15 is 0 Å². The van der Waals surface area contributed by atoms with Gasteiger partial charge in [-0.05, 0) is 24.7 Å². The molecule has 1 atom stereocenters. The Labute approximate surface area is 119 Å². The summed E-state index contributed by atoms with van der Waals surface area (Å²) in [6, 6.07) is -0.922. The van der Waals surface area contributed by atoms with Crippen molar-refractivity contribution < 1.29 is 19.5 Å². The zero-order valence-electron chi connectivity index (χ0n) is 12.1. The van der Waals surface area contributed by atoms with Crippen molar-refractivity contribution in [3.05, 3.63) is 0 Å². The van der Waals surface area contributed by atoms with E-state index in [1.54, 1.807) is 13.8 Å². The standard InChI is InChI=1S/C14H24N2O4/c1-9(2)13(14(19)20)16-12(18)8-15-11(17)7-10-5-3-4-6-10/h9-10,13H,3-8H2,1-2H3,(H,15,17)(H,16,18)(H,19,20)/t13-/m0/s1. The van der Waals surface area contributed by atoms with Crippen LogP contribution in [0.2, 0.25) is 0 Å². The molecule has 2 amide bonds. The maximum absolute atomic E-state index is 11.6. The number of hydrogen-bond acceptors (Lipinski definition) is 3. The molecule has 1 fully saturated rings. The number of carbonyl (C=O) groups is 3. The number of carboxylic acid groups (broad SMARTS) is 1. The second-order valence-corrected chi connectivity index (χ2v) is 5.76. The normalized spacial score (nSPS) is 16.9. The molecule has 6 heteroatoms. The van der Waals surface area contributed by atoms with Gasteiger partial charge in [-0.25, -0.2) is 4.79 Å². The highest BCUT2D eigenvalue weighted by Crippen LogP contribution is 2.27. The molecule has 3 N–H and O–H groups in total. The van der Waals surface area contributed by atoms with Crippen LogP contribution in [0.1, 0.15) is 46.0 Å². The number of carbonyl (C=O) groups excluding carboxylic acids is 2. The number of carboxylic acids is 1. The molecule has 0 aromatic rings. The topological polar surface area (TPSA) is 95.5 Å². The lowest BCUT2D eigenvalue weighted by molar-refractivity contribution is -0.143. The van der Waals surface area contributed by atoms with E-state index in [9.17, 15) is 14.4 Å². The third-order valence-corrected chi connectivity index (χ3v) is 3.64. The lowest BCUT2D eigenvalue weighted by atomic mass is 10.0. The summed E-state index contributed by atoms with van der Waals surface area (Å²) in [7, 11) is 0. The minimum atomic E-state index is -1.06. The number of amides is 2. The van der Waals surface area contributed by atoms with Gasteiger partial charge in [-0.15, -0.1) is 0 Å². The van der Waals surface area contributed by atoms with Crippen LogP contribution in [-0.2, 0) is 14.4 Å². The van der Waals surface area contributed by atoms with Gasteiger partial charge in [0.2, 0.25) is 11.8 Å². The zero-order valence-corrected chi connectivity index (χ0v) is 12.1. The van der Waals surface area contributed by atoms with Gasteiger partial charge in [0.15, 0.2) is 0 Å². The summed E-state index contributed by atoms with van der Waals surface area (Å²) in [5.41, 5.74) is 0. The molecule has 0 unspecified atom stereocenters. The van der Waals surface area contributed by atoms with E-state index < -0.39 is 17.9 Å². The van der Waals surface area contributed by atoms with Crippen molar-refractivity contribution >= 4 is 17.8 Å². The molecule has 0 bridgehead atoms. The van der Waals surface area contributed by atoms with Gasteiger partial charge in [-0.2, -0.15) is 0 Å². The molecule has 0 spiro atoms. The maximum atomic E-state index is 11.6. The first-order chi connectivity index (χ1) is 9.40. The van der Waals surface area contributed by atoms with Crippen molar-refractivity contribution in [3.63, 3.8) is 0 Å². The van der Waals surface area contributed by atoms with Crippen molar-refractivity contribution in [3.8, 4) is 0 Å². The predicted octanol–water partition coefficient (Wildman–Crippen LogP) is 0.908. The van der Waals surface area contributed by atoms with Crippen LogP contribution < -0.4 is 10.6 Å². The van der Waals surface area contributed by atoms with E-state index in [2.05, 4.69) is 10.6 Å². The highest BCUT2D eigenvalue weighted by atomic mass is 16.4. The minimum Gasteiger partial charge on any atom is -0.480 e. The van der Waals surface area contributed by atoms with Crippen molar-refractivity contribution in [1.29, 1.82) is 0 Å². The SMILES string of the molecule is CC(C)[C@H](NC(=O)CNC(=O)CC1CCCC1)C(=O)O. The van der Waals surface area contributed by atoms with Crippen LogP contribution in [0.15, 0.2) is 0 Å². The second-order valence-electron chi connectivity index (χ2n) is 5.76. The van der Waals surface area contributed by atoms with Crippen LogP contribution in [0.25, 0.3) is 0 Å². The molecular weight excluding hydrogens is 260 g/mol. The Morgan fingerprint density at radius 2 is 1.75 bits per heavy atom. The van der Waals surface area contributed by atoms with Crippen LogP contribution in [0, 0.1) is 11.8 Å². The Morgan fingerprint density at radius 1 is 1.15 bits per heavy atom. The van der Waals surface area contributed by atoms with E-state index in [0.29, 0.717) is 12.3 Å². The fourth-order valence-corrected chi connectivity index (χ4v) is 2.47. The van der Waals surface area contributed by atoms with Crippen LogP contribution in [0.3, 0.4) is 0 Å². The lowest BCUT2D eigenvalue weighted by Crippen LogP contribution is -2.48. The number of hydrogen-bond donors (Lipinski definition) is 3. The van der Waals surface area contributed by atoms with Gasteiger partial charge in [0.1, 0.15) is 6.04 Å². The summed E-state index contributed by atoms with van der Waals surface area (Å²) in [6.45, 7) is 3.28. The van der Waals surface area contributed by atoms with E-state index in [1.807, 2.05) is 0 Å². The van der Waals surface area contributed by atoms with Crippen molar-refractivity contribution in [1.82, 2.24) is 10.6 Å². The molecule has 0 aromatic carbocycles. The molecule has 1 aliphatic rings. The fourth-order valence-electron chi connectivity index (χ4n) is 2.47. The van der Waals surface area contributed by atoms with E-state index in [0.717, 1.165) is 12.8 Å². The summed E-state index contributed by atoms with van der Waals surface area (Å²) >= 11 is 0. The first-order valence-corrected chi connectivity index (χ1v) is 7.19. The Morgan fingerprint density at radius 3 is 2.25 bits per heavy atom. The van der Waals surface area contributed by atoms with Gasteiger partial charge in [-0.3, -0.25) is 9.59 Å². The second kappa shape index (κ2) is 7.87. The minimum absolute atomic E-state index is 0.136. The monoisotopic (exact) mass is 284 g/mol. The van der Waals surface area contributed by atoms with Crippen LogP contribution >= 0.6 is 0 Å². The molecule has 0 heterocycles. The van der Waals surface area contributed by atoms with E-state index in [4.69, 9.17) is 5.11 Å². The van der Waals surface area contributed by atoms with Crippen molar-refractivity contribution in [2.45, 2.75) is 52.0 Å². The van der Waals surface area contributed by atoms with Gasteiger partial charge in [0.25, 0.3) is 0 Å². The largest absolute Gasteiger partial charge is 0.480 e. The van der Waals surface area contributed by atoms with Gasteiger partial charge < -0.3 is 15.7 Å².